The first-order valence-corrected chi connectivity index (χ1v) is 8.06. The largest absolute Gasteiger partial charge is 0.612 e. The molecule has 130 valence electrons. The van der Waals surface area contributed by atoms with Gasteiger partial charge in [0.1, 0.15) is 0 Å². The molecule has 7 nitrogen and oxygen atoms in total. The van der Waals surface area contributed by atoms with Gasteiger partial charge in [-0.05, 0) is 30.3 Å². The lowest BCUT2D eigenvalue weighted by Gasteiger charge is -2.18. The van der Waals surface area contributed by atoms with Crippen molar-refractivity contribution in [2.75, 3.05) is 0 Å². The summed E-state index contributed by atoms with van der Waals surface area (Å²) >= 11 is 0. The number of aromatic hydroxyl groups is 1. The predicted molar refractivity (Wildman–Crippen MR) is 98.0 cm³/mol. The van der Waals surface area contributed by atoms with Crippen LogP contribution in [0.5, 0.6) is 5.88 Å². The molecule has 26 heavy (non-hydrogen) atoms. The Morgan fingerprint density at radius 3 is 2.69 bits per heavy atom. The van der Waals surface area contributed by atoms with Gasteiger partial charge in [0.15, 0.2) is 0 Å². The van der Waals surface area contributed by atoms with E-state index in [1.54, 1.807) is 24.4 Å². The van der Waals surface area contributed by atoms with Crippen LogP contribution in [0.3, 0.4) is 0 Å². The monoisotopic (exact) mass is 348 g/mol. The van der Waals surface area contributed by atoms with Crippen molar-refractivity contribution < 1.29 is 10.0 Å². The van der Waals surface area contributed by atoms with Crippen LogP contribution in [0.4, 0.5) is 0 Å². The van der Waals surface area contributed by atoms with E-state index in [2.05, 4.69) is 4.98 Å². The van der Waals surface area contributed by atoms with Crippen molar-refractivity contribution in [2.24, 2.45) is 0 Å². The Morgan fingerprint density at radius 2 is 1.96 bits per heavy atom. The third-order valence-electron chi connectivity index (χ3n) is 4.50. The molecule has 0 aliphatic heterocycles. The summed E-state index contributed by atoms with van der Waals surface area (Å²) in [6.07, 6.45) is 4.94. The first-order chi connectivity index (χ1) is 12.6. The van der Waals surface area contributed by atoms with Crippen molar-refractivity contribution in [1.29, 1.82) is 0 Å². The molecule has 4 rings (SSSR count). The molecule has 0 atom stereocenters. The fourth-order valence-electron chi connectivity index (χ4n) is 3.28. The van der Waals surface area contributed by atoms with Crippen molar-refractivity contribution in [3.63, 3.8) is 0 Å². The number of allylic oxidation sites excluding steroid dienone is 1. The van der Waals surface area contributed by atoms with Crippen LogP contribution in [0.2, 0.25) is 0 Å². The van der Waals surface area contributed by atoms with E-state index >= 15 is 0 Å². The van der Waals surface area contributed by atoms with Gasteiger partial charge in [-0.25, -0.2) is 0 Å². The molecular formula is C19H14N3O4-. The molecule has 1 aromatic carbocycles. The van der Waals surface area contributed by atoms with Gasteiger partial charge in [-0.15, -0.1) is 0 Å². The van der Waals surface area contributed by atoms with Crippen molar-refractivity contribution >= 4 is 22.6 Å². The standard InChI is InChI=1S/C19H14N3O4/c23-18-14-6-3-5-13-16(22(25)26)8-7-15(17(13)14)19(24)21(18)11-9-12-4-1-2-10-20-12/h1-8,10H,9,11H2,(H-,23,24,25,26)/q-1. The molecule has 0 fully saturated rings. The maximum absolute atomic E-state index is 12.9. The smallest absolute Gasteiger partial charge is 0.261 e. The Bertz CT molecular complexity index is 1130. The van der Waals surface area contributed by atoms with Gasteiger partial charge in [0.2, 0.25) is 11.6 Å². The van der Waals surface area contributed by atoms with Gasteiger partial charge in [-0.2, -0.15) is 4.90 Å². The average Bonchev–Trinajstić information content (AvgIpc) is 2.66. The summed E-state index contributed by atoms with van der Waals surface area (Å²) in [7, 11) is 0. The molecule has 1 N–H and O–H groups in total. The van der Waals surface area contributed by atoms with Gasteiger partial charge in [-0.1, -0.05) is 12.1 Å². The first kappa shape index (κ1) is 15.9. The molecule has 0 bridgehead atoms. The van der Waals surface area contributed by atoms with E-state index in [0.29, 0.717) is 28.3 Å². The van der Waals surface area contributed by atoms with E-state index in [9.17, 15) is 20.3 Å². The number of aromatic nitrogens is 2. The molecule has 3 aromatic rings. The highest BCUT2D eigenvalue weighted by Crippen LogP contribution is 2.32. The van der Waals surface area contributed by atoms with Crippen LogP contribution in [0.15, 0.2) is 53.5 Å². The number of hydrogen-bond donors (Lipinski definition) is 1. The highest BCUT2D eigenvalue weighted by atomic mass is 16.8. The molecule has 0 saturated heterocycles. The molecule has 0 unspecified atom stereocenters. The number of pyridine rings is 2. The van der Waals surface area contributed by atoms with Crippen LogP contribution in [-0.2, 0) is 13.0 Å². The lowest BCUT2D eigenvalue weighted by atomic mass is 9.93. The number of aryl methyl sites for hydroxylation is 1. The number of hydrogen-bond acceptors (Lipinski definition) is 5. The highest BCUT2D eigenvalue weighted by Gasteiger charge is 2.24. The molecular weight excluding hydrogens is 334 g/mol. The molecule has 1 aliphatic rings. The minimum absolute atomic E-state index is 0.0897. The summed E-state index contributed by atoms with van der Waals surface area (Å²) in [6, 6.07) is 10.4. The number of benzene rings is 1. The van der Waals surface area contributed by atoms with Gasteiger partial charge >= 0.3 is 0 Å². The van der Waals surface area contributed by atoms with E-state index in [1.807, 2.05) is 18.2 Å². The summed E-state index contributed by atoms with van der Waals surface area (Å²) < 4.78 is 1.29. The van der Waals surface area contributed by atoms with E-state index < -0.39 is 4.90 Å². The Labute approximate surface area is 148 Å². The minimum atomic E-state index is -0.488. The molecule has 0 spiro atoms. The van der Waals surface area contributed by atoms with E-state index in [1.165, 1.54) is 16.7 Å². The van der Waals surface area contributed by atoms with Crippen LogP contribution in [0, 0.1) is 10.4 Å². The fraction of sp³-hybridized carbons (Fsp3) is 0.105. The molecule has 2 aromatic heterocycles. The van der Waals surface area contributed by atoms with Crippen molar-refractivity contribution in [3.8, 4) is 5.88 Å². The van der Waals surface area contributed by atoms with Gasteiger partial charge in [0.25, 0.3) is 5.56 Å². The predicted octanol–water partition coefficient (Wildman–Crippen LogP) is 2.17. The summed E-state index contributed by atoms with van der Waals surface area (Å²) in [6.45, 7) is 0.258. The second kappa shape index (κ2) is 6.03. The topological polar surface area (TPSA) is 104 Å². The Kier molecular flexibility index (Phi) is 3.69. The molecule has 0 saturated carbocycles. The lowest BCUT2D eigenvalue weighted by molar-refractivity contribution is -0.377. The maximum Gasteiger partial charge on any atom is 0.261 e. The van der Waals surface area contributed by atoms with Crippen LogP contribution in [0.1, 0.15) is 16.8 Å². The average molecular weight is 348 g/mol. The maximum atomic E-state index is 12.9. The van der Waals surface area contributed by atoms with E-state index in [-0.39, 0.29) is 23.7 Å². The Hall–Kier alpha value is -3.61. The second-order valence-electron chi connectivity index (χ2n) is 5.97. The third kappa shape index (κ3) is 2.41. The molecule has 7 heteroatoms. The number of rotatable bonds is 3. The zero-order valence-electron chi connectivity index (χ0n) is 13.6. The Balaban J connectivity index is 1.89. The summed E-state index contributed by atoms with van der Waals surface area (Å²) in [5.41, 5.74) is 1.03. The van der Waals surface area contributed by atoms with Crippen LogP contribution in [-0.4, -0.2) is 25.3 Å². The molecule has 2 heterocycles. The molecule has 0 amide bonds. The Morgan fingerprint density at radius 1 is 1.12 bits per heavy atom. The zero-order chi connectivity index (χ0) is 18.3. The van der Waals surface area contributed by atoms with Crippen molar-refractivity contribution in [2.45, 2.75) is 13.0 Å². The van der Waals surface area contributed by atoms with Crippen LogP contribution in [0.25, 0.3) is 16.8 Å². The van der Waals surface area contributed by atoms with Gasteiger partial charge in [0.05, 0.1) is 5.56 Å². The summed E-state index contributed by atoms with van der Waals surface area (Å²) in [4.78, 5) is 16.6. The SMILES string of the molecule is O=c1c2c3c(cccc3c(O)n1CCc1ccccn1)C(=[N+]([O-])[O-])C=C2. The molecule has 1 aliphatic carbocycles. The summed E-state index contributed by atoms with van der Waals surface area (Å²) in [5.74, 6) is -0.190. The first-order valence-electron chi connectivity index (χ1n) is 8.06. The number of nitrogens with zero attached hydrogens (tertiary/aromatic N) is 3. The van der Waals surface area contributed by atoms with E-state index in [0.717, 1.165) is 5.69 Å². The van der Waals surface area contributed by atoms with Gasteiger partial charge in [0, 0.05) is 47.3 Å². The van der Waals surface area contributed by atoms with E-state index in [4.69, 9.17) is 0 Å². The van der Waals surface area contributed by atoms with Gasteiger partial charge < -0.3 is 15.5 Å². The second-order valence-corrected chi connectivity index (χ2v) is 5.97. The van der Waals surface area contributed by atoms with Crippen LogP contribution >= 0.6 is 0 Å². The third-order valence-corrected chi connectivity index (χ3v) is 4.50. The zero-order valence-corrected chi connectivity index (χ0v) is 13.6. The molecule has 0 radical (unpaired) electrons. The van der Waals surface area contributed by atoms with Crippen molar-refractivity contribution in [3.05, 3.63) is 86.3 Å². The minimum Gasteiger partial charge on any atom is -0.612 e. The van der Waals surface area contributed by atoms with Crippen LogP contribution < -0.4 is 5.56 Å². The summed E-state index contributed by atoms with van der Waals surface area (Å²) in [5, 5.41) is 34.0. The fourth-order valence-corrected chi connectivity index (χ4v) is 3.28. The van der Waals surface area contributed by atoms with Crippen molar-refractivity contribution in [1.82, 2.24) is 9.55 Å². The quantitative estimate of drug-likeness (QED) is 0.577. The highest BCUT2D eigenvalue weighted by molar-refractivity contribution is 6.20. The normalized spacial score (nSPS) is 12.5. The lowest BCUT2D eigenvalue weighted by Crippen LogP contribution is -2.26. The van der Waals surface area contributed by atoms with Gasteiger partial charge in [-0.3, -0.25) is 14.3 Å².